The Morgan fingerprint density at radius 1 is 1.07 bits per heavy atom. The number of azide groups is 1. The molecule has 1 atom stereocenters. The summed E-state index contributed by atoms with van der Waals surface area (Å²) in [4.78, 5) is 38.0. The molecule has 0 N–H and O–H groups in total. The maximum absolute atomic E-state index is 14.1. The molecule has 228 valence electrons. The average molecular weight is 585 g/mol. The number of carbonyl (C=O) groups excluding carboxylic acids is 2. The van der Waals surface area contributed by atoms with Crippen LogP contribution in [0.5, 0.6) is 0 Å². The van der Waals surface area contributed by atoms with Crippen LogP contribution >= 0.6 is 0 Å². The zero-order valence-electron chi connectivity index (χ0n) is 26.8. The van der Waals surface area contributed by atoms with Crippen LogP contribution in [0.15, 0.2) is 35.6 Å². The van der Waals surface area contributed by atoms with Gasteiger partial charge in [0.1, 0.15) is 11.2 Å². The lowest BCUT2D eigenvalue weighted by atomic mass is 9.76. The molecule has 3 aliphatic rings. The quantitative estimate of drug-likeness (QED) is 0.165. The second-order valence-corrected chi connectivity index (χ2v) is 14.1. The van der Waals surface area contributed by atoms with Crippen LogP contribution in [0.25, 0.3) is 32.7 Å². The molecule has 3 fully saturated rings. The highest BCUT2D eigenvalue weighted by Gasteiger charge is 2.43. The van der Waals surface area contributed by atoms with Crippen molar-refractivity contribution in [2.45, 2.75) is 104 Å². The van der Waals surface area contributed by atoms with E-state index in [4.69, 9.17) is 15.3 Å². The molecule has 2 aliphatic heterocycles. The van der Waals surface area contributed by atoms with Crippen LogP contribution in [0.3, 0.4) is 0 Å². The van der Waals surface area contributed by atoms with Crippen LogP contribution in [0.2, 0.25) is 0 Å². The summed E-state index contributed by atoms with van der Waals surface area (Å²) in [5.41, 5.74) is 13.3. The molecule has 6 rings (SSSR count). The minimum atomic E-state index is -0.821. The summed E-state index contributed by atoms with van der Waals surface area (Å²) in [6, 6.07) is 8.50. The van der Waals surface area contributed by atoms with Gasteiger partial charge in [0.25, 0.3) is 0 Å². The smallest absolute Gasteiger partial charge is 0.420 e. The van der Waals surface area contributed by atoms with Gasteiger partial charge in [-0.3, -0.25) is 4.79 Å². The Labute approximate surface area is 254 Å². The number of piperidine rings is 2. The largest absolute Gasteiger partial charge is 0.443 e. The van der Waals surface area contributed by atoms with E-state index >= 15 is 0 Å². The van der Waals surface area contributed by atoms with Crippen LogP contribution in [0.4, 0.5) is 4.79 Å². The lowest BCUT2D eigenvalue weighted by Gasteiger charge is -2.47. The molecule has 1 aliphatic carbocycles. The van der Waals surface area contributed by atoms with Gasteiger partial charge >= 0.3 is 6.09 Å². The molecule has 1 amide bonds. The summed E-state index contributed by atoms with van der Waals surface area (Å²) in [6.07, 6.45) is 5.75. The minimum Gasteiger partial charge on any atom is -0.443 e. The summed E-state index contributed by atoms with van der Waals surface area (Å²) >= 11 is 0. The van der Waals surface area contributed by atoms with Crippen LogP contribution in [0, 0.1) is 19.8 Å². The Balaban J connectivity index is 1.74. The number of hydrogen-bond acceptors (Lipinski definition) is 5. The average Bonchev–Trinajstić information content (AvgIpc) is 3.29. The Bertz CT molecular complexity index is 1600. The highest BCUT2D eigenvalue weighted by Crippen LogP contribution is 2.42. The first-order valence-corrected chi connectivity index (χ1v) is 15.4. The normalized spacial score (nSPS) is 19.3. The summed E-state index contributed by atoms with van der Waals surface area (Å²) in [7, 11) is 0. The first kappa shape index (κ1) is 30.6. The molecule has 0 radical (unpaired) electrons. The van der Waals surface area contributed by atoms with Gasteiger partial charge in [-0.1, -0.05) is 29.2 Å². The van der Waals surface area contributed by atoms with Gasteiger partial charge in [0, 0.05) is 35.6 Å². The molecular formula is C34H44N6O3. The zero-order valence-corrected chi connectivity index (χ0v) is 26.8. The number of aryl methyl sites for hydroxylation is 2. The van der Waals surface area contributed by atoms with E-state index in [1.165, 1.54) is 12.8 Å². The molecule has 43 heavy (non-hydrogen) atoms. The summed E-state index contributed by atoms with van der Waals surface area (Å²) in [5, 5.41) is 4.64. The Hall–Kier alpha value is -3.84. The Kier molecular flexibility index (Phi) is 8.07. The molecule has 9 nitrogen and oxygen atoms in total. The van der Waals surface area contributed by atoms with Gasteiger partial charge in [-0.15, -0.1) is 0 Å². The van der Waals surface area contributed by atoms with E-state index in [9.17, 15) is 9.59 Å². The van der Waals surface area contributed by atoms with Gasteiger partial charge in [-0.05, 0) is 126 Å². The number of nitrogens with zero attached hydrogens (tertiary/aromatic N) is 6. The number of hydrogen-bond donors (Lipinski definition) is 0. The monoisotopic (exact) mass is 584 g/mol. The van der Waals surface area contributed by atoms with Crippen molar-refractivity contribution in [1.82, 2.24) is 14.5 Å². The third kappa shape index (κ3) is 5.87. The molecule has 2 bridgehead atoms. The van der Waals surface area contributed by atoms with E-state index in [1.54, 1.807) is 10.8 Å². The van der Waals surface area contributed by atoms with Gasteiger partial charge in [0.05, 0.1) is 11.1 Å². The molecule has 9 heteroatoms. The van der Waals surface area contributed by atoms with Crippen molar-refractivity contribution in [1.29, 1.82) is 0 Å². The molecule has 1 saturated carbocycles. The Morgan fingerprint density at radius 2 is 1.72 bits per heavy atom. The summed E-state index contributed by atoms with van der Waals surface area (Å²) in [6.45, 7) is 16.5. The van der Waals surface area contributed by atoms with Crippen LogP contribution in [0.1, 0.15) is 95.4 Å². The number of pyridine rings is 1. The summed E-state index contributed by atoms with van der Waals surface area (Å²) in [5.74, 6) is 0.459. The van der Waals surface area contributed by atoms with Crippen molar-refractivity contribution in [2.24, 2.45) is 11.0 Å². The van der Waals surface area contributed by atoms with E-state index in [1.807, 2.05) is 73.6 Å². The Morgan fingerprint density at radius 3 is 2.28 bits per heavy atom. The zero-order chi connectivity index (χ0) is 31.3. The number of carbonyl (C=O) groups is 2. The topological polar surface area (TPSA) is 113 Å². The number of ether oxygens (including phenoxy) is 1. The van der Waals surface area contributed by atoms with E-state index in [2.05, 4.69) is 21.0 Å². The highest BCUT2D eigenvalue weighted by atomic mass is 16.6. The third-order valence-corrected chi connectivity index (χ3v) is 9.06. The van der Waals surface area contributed by atoms with E-state index in [-0.39, 0.29) is 18.4 Å². The number of benzene rings is 1. The first-order valence-electron chi connectivity index (χ1n) is 15.4. The van der Waals surface area contributed by atoms with Crippen LogP contribution in [-0.2, 0) is 14.9 Å². The fourth-order valence-corrected chi connectivity index (χ4v) is 6.96. The second kappa shape index (κ2) is 11.3. The van der Waals surface area contributed by atoms with Gasteiger partial charge in [0.15, 0.2) is 0 Å². The highest BCUT2D eigenvalue weighted by molar-refractivity contribution is 5.99. The second-order valence-electron chi connectivity index (χ2n) is 14.1. The van der Waals surface area contributed by atoms with E-state index < -0.39 is 17.1 Å². The predicted molar refractivity (Wildman–Crippen MR) is 169 cm³/mol. The minimum absolute atomic E-state index is 0.118. The fraction of sp³-hybridized carbons (Fsp3) is 0.559. The van der Waals surface area contributed by atoms with E-state index in [0.717, 1.165) is 52.6 Å². The molecule has 4 heterocycles. The van der Waals surface area contributed by atoms with Gasteiger partial charge in [0.2, 0.25) is 5.91 Å². The van der Waals surface area contributed by atoms with Crippen LogP contribution < -0.4 is 0 Å². The van der Waals surface area contributed by atoms with Crippen molar-refractivity contribution in [3.8, 4) is 11.3 Å². The van der Waals surface area contributed by atoms with Gasteiger partial charge in [-0.2, -0.15) is 0 Å². The third-order valence-electron chi connectivity index (χ3n) is 9.06. The number of rotatable bonds is 6. The van der Waals surface area contributed by atoms with Crippen molar-refractivity contribution >= 4 is 23.0 Å². The van der Waals surface area contributed by atoms with Gasteiger partial charge in [-0.25, -0.2) is 14.3 Å². The standard InChI is InChI=1S/C34H44N6O3/c1-20-13-21(2)15-24(14-20)29-28(22(3)17-37-38-35)27-16-25(18-36-30(27)40(29)32(42)43-33(4,5)6)34(7,8)31(41)39-19-23-9-11-26(39)12-10-23/h13-16,18,22-23,26H,9-12,17,19H2,1-8H3/t22-,23?,26?/m1/s1. The lowest BCUT2D eigenvalue weighted by Crippen LogP contribution is -2.55. The van der Waals surface area contributed by atoms with Gasteiger partial charge < -0.3 is 9.64 Å². The van der Waals surface area contributed by atoms with Crippen molar-refractivity contribution in [2.75, 3.05) is 13.1 Å². The fourth-order valence-electron chi connectivity index (χ4n) is 6.96. The first-order chi connectivity index (χ1) is 20.2. The number of amides is 1. The van der Waals surface area contributed by atoms with Crippen LogP contribution in [-0.4, -0.2) is 51.2 Å². The maximum Gasteiger partial charge on any atom is 0.420 e. The van der Waals surface area contributed by atoms with Crippen molar-refractivity contribution in [3.05, 3.63) is 63.2 Å². The molecule has 0 unspecified atom stereocenters. The molecule has 2 saturated heterocycles. The molecular weight excluding hydrogens is 540 g/mol. The molecule has 0 spiro atoms. The van der Waals surface area contributed by atoms with E-state index in [0.29, 0.717) is 23.3 Å². The molecule has 2 aromatic heterocycles. The summed E-state index contributed by atoms with van der Waals surface area (Å²) < 4.78 is 7.47. The molecule has 3 aromatic rings. The number of aromatic nitrogens is 2. The lowest BCUT2D eigenvalue weighted by molar-refractivity contribution is -0.144. The molecule has 1 aromatic carbocycles. The van der Waals surface area contributed by atoms with Crippen molar-refractivity contribution < 1.29 is 14.3 Å². The maximum atomic E-state index is 14.1. The predicted octanol–water partition coefficient (Wildman–Crippen LogP) is 8.20. The van der Waals surface area contributed by atoms with Crippen molar-refractivity contribution in [3.63, 3.8) is 0 Å². The number of fused-ring (bicyclic) bond motifs is 4. The SMILES string of the molecule is Cc1cc(C)cc(-c2c([C@H](C)CN=[N+]=[N-])c3cc(C(C)(C)C(=O)N4CC5CCC4CC5)cnc3n2C(=O)OC(C)(C)C)c1.